The van der Waals surface area contributed by atoms with Crippen LogP contribution in [0, 0.1) is 0 Å². The van der Waals surface area contributed by atoms with Gasteiger partial charge in [0.05, 0.1) is 4.90 Å². The third kappa shape index (κ3) is 5.24. The number of rotatable bonds is 6. The number of hydrogen-bond donors (Lipinski definition) is 2. The summed E-state index contributed by atoms with van der Waals surface area (Å²) in [5.74, 6) is -0.200. The van der Waals surface area contributed by atoms with Crippen LogP contribution in [0.1, 0.15) is 15.9 Å². The van der Waals surface area contributed by atoms with Crippen LogP contribution in [0.25, 0.3) is 0 Å². The topological polar surface area (TPSA) is 116 Å². The van der Waals surface area contributed by atoms with Crippen LogP contribution in [0.15, 0.2) is 72.0 Å². The summed E-state index contributed by atoms with van der Waals surface area (Å²) in [7, 11) is -3.77. The Morgan fingerprint density at radius 2 is 1.76 bits per heavy atom. The second-order valence-electron chi connectivity index (χ2n) is 7.43. The molecule has 1 atom stereocenters. The number of piperazine rings is 1. The molecule has 0 radical (unpaired) electrons. The number of aromatic nitrogens is 2. The SMILES string of the molecule is O=C(C(O)c1ccccc1Cl)N1CCN(c2ccc(S(=O)(=O)Nc3ccncn3)cc2)CC1.[HH].[HH].[HH]. The number of nitrogens with one attached hydrogen (secondary N) is 1. The fourth-order valence-corrected chi connectivity index (χ4v) is 4.82. The van der Waals surface area contributed by atoms with E-state index in [1.807, 2.05) is 0 Å². The summed E-state index contributed by atoms with van der Waals surface area (Å²) >= 11 is 6.10. The van der Waals surface area contributed by atoms with E-state index in [1.165, 1.54) is 30.7 Å². The molecule has 1 aliphatic rings. The maximum atomic E-state index is 12.7. The van der Waals surface area contributed by atoms with Gasteiger partial charge in [-0.2, -0.15) is 0 Å². The molecule has 2 aromatic carbocycles. The molecule has 1 unspecified atom stereocenters. The Morgan fingerprint density at radius 3 is 2.39 bits per heavy atom. The molecule has 1 aromatic heterocycles. The number of sulfonamides is 1. The predicted molar refractivity (Wildman–Crippen MR) is 131 cm³/mol. The minimum Gasteiger partial charge on any atom is -0.378 e. The van der Waals surface area contributed by atoms with Crippen LogP contribution >= 0.6 is 11.6 Å². The molecule has 11 heteroatoms. The minimum atomic E-state index is -3.77. The zero-order chi connectivity index (χ0) is 23.4. The summed E-state index contributed by atoms with van der Waals surface area (Å²) in [5, 5.41) is 10.8. The molecule has 1 fully saturated rings. The Bertz CT molecular complexity index is 1230. The van der Waals surface area contributed by atoms with Gasteiger partial charge in [0.1, 0.15) is 12.1 Å². The summed E-state index contributed by atoms with van der Waals surface area (Å²) in [5.41, 5.74) is 1.23. The van der Waals surface area contributed by atoms with E-state index < -0.39 is 16.1 Å². The van der Waals surface area contributed by atoms with Gasteiger partial charge in [-0.25, -0.2) is 18.4 Å². The Balaban J connectivity index is 0.00000216. The number of aliphatic hydroxyl groups excluding tert-OH is 1. The number of anilines is 2. The molecule has 178 valence electrons. The molecule has 0 saturated carbocycles. The number of nitrogens with zero attached hydrogens (tertiary/aromatic N) is 4. The summed E-state index contributed by atoms with van der Waals surface area (Å²) in [4.78, 5) is 24.1. The molecule has 2 heterocycles. The lowest BCUT2D eigenvalue weighted by Gasteiger charge is -2.37. The first-order valence-corrected chi connectivity index (χ1v) is 12.1. The van der Waals surface area contributed by atoms with Crippen LogP contribution in [-0.4, -0.2) is 60.5 Å². The quantitative estimate of drug-likeness (QED) is 0.542. The van der Waals surface area contributed by atoms with Crippen molar-refractivity contribution in [1.29, 1.82) is 0 Å². The molecule has 33 heavy (non-hydrogen) atoms. The van der Waals surface area contributed by atoms with Gasteiger partial charge in [-0.3, -0.25) is 9.52 Å². The van der Waals surface area contributed by atoms with E-state index >= 15 is 0 Å². The van der Waals surface area contributed by atoms with Crippen molar-refractivity contribution in [2.45, 2.75) is 11.0 Å². The fourth-order valence-electron chi connectivity index (χ4n) is 3.57. The van der Waals surface area contributed by atoms with E-state index in [4.69, 9.17) is 11.6 Å². The third-order valence-electron chi connectivity index (χ3n) is 5.36. The zero-order valence-electron chi connectivity index (χ0n) is 17.5. The highest BCUT2D eigenvalue weighted by molar-refractivity contribution is 7.92. The average Bonchev–Trinajstić information content (AvgIpc) is 2.84. The monoisotopic (exact) mass is 493 g/mol. The lowest BCUT2D eigenvalue weighted by molar-refractivity contribution is -0.140. The Morgan fingerprint density at radius 1 is 1.06 bits per heavy atom. The number of hydrogen-bond acceptors (Lipinski definition) is 7. The van der Waals surface area contributed by atoms with Crippen molar-refractivity contribution in [2.24, 2.45) is 0 Å². The van der Waals surface area contributed by atoms with Gasteiger partial charge in [0.15, 0.2) is 6.10 Å². The smallest absolute Gasteiger partial charge is 0.263 e. The molecule has 0 bridgehead atoms. The van der Waals surface area contributed by atoms with Crippen LogP contribution in [0.2, 0.25) is 5.02 Å². The molecule has 0 aliphatic carbocycles. The van der Waals surface area contributed by atoms with Crippen molar-refractivity contribution in [3.05, 3.63) is 77.7 Å². The predicted octanol–water partition coefficient (Wildman–Crippen LogP) is 3.05. The van der Waals surface area contributed by atoms with Gasteiger partial charge < -0.3 is 14.9 Å². The lowest BCUT2D eigenvalue weighted by atomic mass is 10.1. The Kier molecular flexibility index (Phi) is 6.77. The van der Waals surface area contributed by atoms with Crippen molar-refractivity contribution in [3.63, 3.8) is 0 Å². The number of aliphatic hydroxyl groups is 1. The van der Waals surface area contributed by atoms with Crippen molar-refractivity contribution in [1.82, 2.24) is 14.9 Å². The molecule has 1 aliphatic heterocycles. The van der Waals surface area contributed by atoms with Crippen LogP contribution < -0.4 is 9.62 Å². The van der Waals surface area contributed by atoms with Gasteiger partial charge in [0.2, 0.25) is 0 Å². The first-order chi connectivity index (χ1) is 15.8. The zero-order valence-corrected chi connectivity index (χ0v) is 19.1. The van der Waals surface area contributed by atoms with Gasteiger partial charge in [-0.1, -0.05) is 29.8 Å². The summed E-state index contributed by atoms with van der Waals surface area (Å²) in [6.07, 6.45) is 1.40. The minimum absolute atomic E-state index is 0. The molecule has 1 amide bonds. The van der Waals surface area contributed by atoms with E-state index in [9.17, 15) is 18.3 Å². The number of amides is 1. The molecule has 3 aromatic rings. The summed E-state index contributed by atoms with van der Waals surface area (Å²) in [6.45, 7) is 1.95. The van der Waals surface area contributed by atoms with E-state index in [2.05, 4.69) is 19.6 Å². The lowest BCUT2D eigenvalue weighted by Crippen LogP contribution is -2.50. The summed E-state index contributed by atoms with van der Waals surface area (Å²) in [6, 6.07) is 14.7. The standard InChI is InChI=1S/C22H22ClN5O4S.3H2/c23-19-4-2-1-3-18(19)21(29)22(30)28-13-11-27(12-14-28)16-5-7-17(8-6-16)33(31,32)26-20-9-10-24-15-25-20;;;/h1-10,15,21,29H,11-14H2,(H,24,25,26);3*1H. The number of carbonyl (C=O) groups excluding carboxylic acids is 1. The fraction of sp³-hybridized carbons (Fsp3) is 0.227. The van der Waals surface area contributed by atoms with E-state index in [0.29, 0.717) is 36.8 Å². The number of benzene rings is 2. The Labute approximate surface area is 201 Å². The molecule has 0 spiro atoms. The highest BCUT2D eigenvalue weighted by Gasteiger charge is 2.28. The third-order valence-corrected chi connectivity index (χ3v) is 7.07. The largest absolute Gasteiger partial charge is 0.378 e. The highest BCUT2D eigenvalue weighted by atomic mass is 35.5. The molecule has 4 rings (SSSR count). The van der Waals surface area contributed by atoms with Crippen LogP contribution in [-0.2, 0) is 14.8 Å². The first-order valence-electron chi connectivity index (χ1n) is 10.2. The van der Waals surface area contributed by atoms with E-state index in [-0.39, 0.29) is 20.9 Å². The summed E-state index contributed by atoms with van der Waals surface area (Å²) < 4.78 is 27.5. The normalized spacial score (nSPS) is 15.2. The second-order valence-corrected chi connectivity index (χ2v) is 9.52. The molecule has 9 nitrogen and oxygen atoms in total. The van der Waals surface area contributed by atoms with Crippen LogP contribution in [0.5, 0.6) is 0 Å². The maximum absolute atomic E-state index is 12.7. The molecular weight excluding hydrogens is 466 g/mol. The van der Waals surface area contributed by atoms with Crippen LogP contribution in [0.3, 0.4) is 0 Å². The second kappa shape index (κ2) is 9.74. The number of carbonyl (C=O) groups is 1. The van der Waals surface area contributed by atoms with Crippen molar-refractivity contribution >= 4 is 39.0 Å². The molecule has 2 N–H and O–H groups in total. The van der Waals surface area contributed by atoms with Crippen molar-refractivity contribution in [2.75, 3.05) is 35.8 Å². The van der Waals surface area contributed by atoms with Crippen LogP contribution in [0.4, 0.5) is 11.5 Å². The van der Waals surface area contributed by atoms with E-state index in [1.54, 1.807) is 41.3 Å². The maximum Gasteiger partial charge on any atom is 0.263 e. The van der Waals surface area contributed by atoms with Gasteiger partial charge in [-0.15, -0.1) is 0 Å². The molecular formula is C22H28ClN5O4S. The number of halogens is 1. The van der Waals surface area contributed by atoms with Gasteiger partial charge >= 0.3 is 0 Å². The Hall–Kier alpha value is -3.21. The highest BCUT2D eigenvalue weighted by Crippen LogP contribution is 2.26. The van der Waals surface area contributed by atoms with Gasteiger partial charge in [0, 0.05) is 52.9 Å². The van der Waals surface area contributed by atoms with Crippen molar-refractivity contribution in [3.8, 4) is 0 Å². The first kappa shape index (κ1) is 23.0. The van der Waals surface area contributed by atoms with Gasteiger partial charge in [0.25, 0.3) is 15.9 Å². The van der Waals surface area contributed by atoms with E-state index in [0.717, 1.165) is 5.69 Å². The van der Waals surface area contributed by atoms with Crippen molar-refractivity contribution < 1.29 is 22.6 Å². The van der Waals surface area contributed by atoms with Gasteiger partial charge in [-0.05, 0) is 36.4 Å². The molecule has 1 saturated heterocycles. The average molecular weight is 494 g/mol.